The lowest BCUT2D eigenvalue weighted by Crippen LogP contribution is -2.30. The van der Waals surface area contributed by atoms with Gasteiger partial charge in [-0.15, -0.1) is 0 Å². The lowest BCUT2D eigenvalue weighted by atomic mass is 9.97. The molecule has 0 unspecified atom stereocenters. The van der Waals surface area contributed by atoms with Crippen molar-refractivity contribution < 1.29 is 36.2 Å². The van der Waals surface area contributed by atoms with Crippen LogP contribution in [0.25, 0.3) is 11.3 Å². The SMILES string of the molecule is O=C(O)c1c(Cc2cc(C(F)(F)F)cc(C(F)(F)F)c2)nc(CN2CCCCC2)nc1-c1ccccc1. The highest BCUT2D eigenvalue weighted by molar-refractivity contribution is 5.96. The first-order valence-electron chi connectivity index (χ1n) is 11.6. The molecule has 37 heavy (non-hydrogen) atoms. The second-order valence-corrected chi connectivity index (χ2v) is 8.91. The number of aromatic nitrogens is 2. The minimum atomic E-state index is -5.02. The summed E-state index contributed by atoms with van der Waals surface area (Å²) in [5, 5.41) is 10.0. The molecule has 0 atom stereocenters. The Morgan fingerprint density at radius 1 is 0.865 bits per heavy atom. The Kier molecular flexibility index (Phi) is 7.54. The van der Waals surface area contributed by atoms with E-state index in [9.17, 15) is 36.2 Å². The average Bonchev–Trinajstić information content (AvgIpc) is 2.83. The molecule has 0 bridgehead atoms. The third-order valence-electron chi connectivity index (χ3n) is 6.12. The maximum absolute atomic E-state index is 13.4. The van der Waals surface area contributed by atoms with Gasteiger partial charge in [0.25, 0.3) is 0 Å². The van der Waals surface area contributed by atoms with Crippen LogP contribution in [-0.2, 0) is 25.3 Å². The molecule has 196 valence electrons. The van der Waals surface area contributed by atoms with Crippen LogP contribution in [0.2, 0.25) is 0 Å². The first kappa shape index (κ1) is 26.6. The van der Waals surface area contributed by atoms with Crippen LogP contribution in [-0.4, -0.2) is 39.0 Å². The minimum Gasteiger partial charge on any atom is -0.478 e. The van der Waals surface area contributed by atoms with Gasteiger partial charge in [-0.2, -0.15) is 26.3 Å². The molecule has 5 nitrogen and oxygen atoms in total. The van der Waals surface area contributed by atoms with Crippen LogP contribution >= 0.6 is 0 Å². The molecule has 0 radical (unpaired) electrons. The Hall–Kier alpha value is -3.47. The van der Waals surface area contributed by atoms with Gasteiger partial charge in [-0.1, -0.05) is 36.8 Å². The van der Waals surface area contributed by atoms with E-state index in [1.54, 1.807) is 30.3 Å². The summed E-state index contributed by atoms with van der Waals surface area (Å²) in [5.74, 6) is -1.18. The van der Waals surface area contributed by atoms with Crippen molar-refractivity contribution in [2.24, 2.45) is 0 Å². The molecule has 1 fully saturated rings. The van der Waals surface area contributed by atoms with Gasteiger partial charge in [0.15, 0.2) is 0 Å². The molecule has 1 N–H and O–H groups in total. The zero-order chi connectivity index (χ0) is 26.8. The fourth-order valence-corrected chi connectivity index (χ4v) is 4.42. The standard InChI is InChI=1S/C26H23F6N3O2/c27-25(28,29)18-11-16(12-19(14-18)26(30,31)32)13-20-22(24(36)37)23(17-7-3-1-4-8-17)34-21(33-20)15-35-9-5-2-6-10-35/h1,3-4,7-8,11-12,14H,2,5-6,9-10,13,15H2,(H,36,37). The third kappa shape index (κ3) is 6.46. The molecule has 0 saturated carbocycles. The van der Waals surface area contributed by atoms with Gasteiger partial charge >= 0.3 is 18.3 Å². The van der Waals surface area contributed by atoms with E-state index in [4.69, 9.17) is 0 Å². The van der Waals surface area contributed by atoms with E-state index in [-0.39, 0.29) is 41.0 Å². The van der Waals surface area contributed by atoms with Gasteiger partial charge in [0.2, 0.25) is 0 Å². The van der Waals surface area contributed by atoms with Crippen molar-refractivity contribution in [3.8, 4) is 11.3 Å². The highest BCUT2D eigenvalue weighted by Crippen LogP contribution is 2.37. The summed E-state index contributed by atoms with van der Waals surface area (Å²) < 4.78 is 80.4. The van der Waals surface area contributed by atoms with Crippen LogP contribution in [0.1, 0.15) is 57.8 Å². The molecule has 0 aliphatic carbocycles. The predicted octanol–water partition coefficient (Wildman–Crippen LogP) is 6.46. The molecule has 0 amide bonds. The summed E-state index contributed by atoms with van der Waals surface area (Å²) in [7, 11) is 0. The number of carbonyl (C=O) groups is 1. The van der Waals surface area contributed by atoms with E-state index in [2.05, 4.69) is 14.9 Å². The predicted molar refractivity (Wildman–Crippen MR) is 123 cm³/mol. The second-order valence-electron chi connectivity index (χ2n) is 8.91. The van der Waals surface area contributed by atoms with Crippen molar-refractivity contribution in [2.75, 3.05) is 13.1 Å². The number of piperidine rings is 1. The number of benzene rings is 2. The maximum atomic E-state index is 13.4. The summed E-state index contributed by atoms with van der Waals surface area (Å²) in [5.41, 5.74) is -3.30. The molecule has 1 aliphatic heterocycles. The van der Waals surface area contributed by atoms with Crippen molar-refractivity contribution in [1.29, 1.82) is 0 Å². The smallest absolute Gasteiger partial charge is 0.416 e. The average molecular weight is 523 g/mol. The first-order chi connectivity index (χ1) is 17.4. The molecule has 11 heteroatoms. The molecule has 2 aromatic carbocycles. The summed E-state index contributed by atoms with van der Waals surface area (Å²) >= 11 is 0. The molecule has 1 aliphatic rings. The number of aromatic carboxylic acids is 1. The highest BCUT2D eigenvalue weighted by atomic mass is 19.4. The number of carboxylic acids is 1. The molecular formula is C26H23F6N3O2. The lowest BCUT2D eigenvalue weighted by molar-refractivity contribution is -0.143. The van der Waals surface area contributed by atoms with Crippen LogP contribution in [0, 0.1) is 0 Å². The monoisotopic (exact) mass is 523 g/mol. The van der Waals surface area contributed by atoms with Crippen molar-refractivity contribution in [3.05, 3.63) is 82.3 Å². The van der Waals surface area contributed by atoms with E-state index < -0.39 is 35.9 Å². The van der Waals surface area contributed by atoms with Crippen LogP contribution < -0.4 is 0 Å². The summed E-state index contributed by atoms with van der Waals surface area (Å²) in [6.07, 6.45) is -7.58. The van der Waals surface area contributed by atoms with E-state index >= 15 is 0 Å². The van der Waals surface area contributed by atoms with Crippen molar-refractivity contribution >= 4 is 5.97 Å². The molecule has 2 heterocycles. The Morgan fingerprint density at radius 2 is 1.46 bits per heavy atom. The van der Waals surface area contributed by atoms with E-state index in [1.165, 1.54) is 0 Å². The van der Waals surface area contributed by atoms with E-state index in [1.807, 2.05) is 0 Å². The largest absolute Gasteiger partial charge is 0.478 e. The fourth-order valence-electron chi connectivity index (χ4n) is 4.42. The van der Waals surface area contributed by atoms with Crippen LogP contribution in [0.15, 0.2) is 48.5 Å². The Morgan fingerprint density at radius 3 is 2.00 bits per heavy atom. The fraction of sp³-hybridized carbons (Fsp3) is 0.346. The van der Waals surface area contributed by atoms with Gasteiger partial charge in [-0.3, -0.25) is 4.90 Å². The van der Waals surface area contributed by atoms with Crippen molar-refractivity contribution in [1.82, 2.24) is 14.9 Å². The zero-order valence-electron chi connectivity index (χ0n) is 19.5. The van der Waals surface area contributed by atoms with Gasteiger partial charge < -0.3 is 5.11 Å². The Bertz CT molecular complexity index is 1240. The number of alkyl halides is 6. The number of likely N-dealkylation sites (tertiary alicyclic amines) is 1. The first-order valence-corrected chi connectivity index (χ1v) is 11.6. The molecule has 1 aromatic heterocycles. The number of hydrogen-bond donors (Lipinski definition) is 1. The van der Waals surface area contributed by atoms with Crippen molar-refractivity contribution in [2.45, 2.75) is 44.6 Å². The minimum absolute atomic E-state index is 0.0404. The van der Waals surface area contributed by atoms with Gasteiger partial charge in [-0.25, -0.2) is 14.8 Å². The van der Waals surface area contributed by atoms with Gasteiger partial charge in [0.05, 0.1) is 29.1 Å². The quantitative estimate of drug-likeness (QED) is 0.376. The zero-order valence-corrected chi connectivity index (χ0v) is 19.5. The molecule has 1 saturated heterocycles. The van der Waals surface area contributed by atoms with E-state index in [0.29, 0.717) is 17.7 Å². The molecule has 4 rings (SSSR count). The summed E-state index contributed by atoms with van der Waals surface area (Å²) in [4.78, 5) is 23.2. The Balaban J connectivity index is 1.86. The lowest BCUT2D eigenvalue weighted by Gasteiger charge is -2.26. The van der Waals surface area contributed by atoms with Gasteiger partial charge in [0.1, 0.15) is 11.4 Å². The number of hydrogen-bond acceptors (Lipinski definition) is 4. The molecule has 0 spiro atoms. The number of carboxylic acid groups (broad SMARTS) is 1. The second kappa shape index (κ2) is 10.5. The van der Waals surface area contributed by atoms with E-state index in [0.717, 1.165) is 32.4 Å². The van der Waals surface area contributed by atoms with Gasteiger partial charge in [-0.05, 0) is 49.7 Å². The number of rotatable bonds is 6. The molecular weight excluding hydrogens is 500 g/mol. The van der Waals surface area contributed by atoms with Crippen LogP contribution in [0.4, 0.5) is 26.3 Å². The molecule has 3 aromatic rings. The topological polar surface area (TPSA) is 66.3 Å². The third-order valence-corrected chi connectivity index (χ3v) is 6.12. The summed E-state index contributed by atoms with van der Waals surface area (Å²) in [6.45, 7) is 1.84. The number of nitrogens with zero attached hydrogens (tertiary/aromatic N) is 3. The van der Waals surface area contributed by atoms with Crippen LogP contribution in [0.3, 0.4) is 0 Å². The highest BCUT2D eigenvalue weighted by Gasteiger charge is 2.37. The van der Waals surface area contributed by atoms with Crippen LogP contribution in [0.5, 0.6) is 0 Å². The van der Waals surface area contributed by atoms with Gasteiger partial charge in [0, 0.05) is 12.0 Å². The normalized spacial score (nSPS) is 15.1. The Labute approximate surface area is 208 Å². The number of halogens is 6. The summed E-state index contributed by atoms with van der Waals surface area (Å²) in [6, 6.07) is 9.57. The maximum Gasteiger partial charge on any atom is 0.416 e. The van der Waals surface area contributed by atoms with Crippen molar-refractivity contribution in [3.63, 3.8) is 0 Å².